The predicted octanol–water partition coefficient (Wildman–Crippen LogP) is 12.4. The zero-order chi connectivity index (χ0) is 33.7. The van der Waals surface area contributed by atoms with E-state index >= 15 is 0 Å². The lowest BCUT2D eigenvalue weighted by Gasteiger charge is -2.11. The van der Waals surface area contributed by atoms with Crippen molar-refractivity contribution in [3.05, 3.63) is 176 Å². The Bertz CT molecular complexity index is 2830. The molecule has 3 heterocycles. The molecule has 0 aliphatic heterocycles. The van der Waals surface area contributed by atoms with Gasteiger partial charge in [-0.2, -0.15) is 0 Å². The molecule has 238 valence electrons. The lowest BCUT2D eigenvalue weighted by Crippen LogP contribution is -1.96. The Labute approximate surface area is 294 Å². The summed E-state index contributed by atoms with van der Waals surface area (Å²) in [6.45, 7) is 0. The lowest BCUT2D eigenvalue weighted by molar-refractivity contribution is 0.672. The fourth-order valence-electron chi connectivity index (χ4n) is 7.19. The number of aromatic nitrogens is 3. The minimum atomic E-state index is 0.643. The van der Waals surface area contributed by atoms with Gasteiger partial charge in [-0.25, -0.2) is 15.0 Å². The molecule has 0 spiro atoms. The van der Waals surface area contributed by atoms with Gasteiger partial charge in [0.05, 0.1) is 28.0 Å². The van der Waals surface area contributed by atoms with Crippen LogP contribution >= 0.6 is 0 Å². The van der Waals surface area contributed by atoms with Gasteiger partial charge in [0.15, 0.2) is 5.82 Å². The van der Waals surface area contributed by atoms with Gasteiger partial charge in [0, 0.05) is 33.0 Å². The summed E-state index contributed by atoms with van der Waals surface area (Å²) in [7, 11) is 0. The van der Waals surface area contributed by atoms with Gasteiger partial charge < -0.3 is 4.42 Å². The van der Waals surface area contributed by atoms with Crippen LogP contribution < -0.4 is 0 Å². The minimum Gasteiger partial charge on any atom is -0.455 e. The summed E-state index contributed by atoms with van der Waals surface area (Å²) in [6.07, 6.45) is 0. The van der Waals surface area contributed by atoms with E-state index in [-0.39, 0.29) is 0 Å². The zero-order valence-electron chi connectivity index (χ0n) is 27.5. The van der Waals surface area contributed by atoms with Crippen LogP contribution in [0.15, 0.2) is 180 Å². The van der Waals surface area contributed by atoms with Gasteiger partial charge in [-0.1, -0.05) is 152 Å². The van der Waals surface area contributed by atoms with Gasteiger partial charge in [0.2, 0.25) is 0 Å². The molecule has 0 saturated carbocycles. The van der Waals surface area contributed by atoms with Crippen molar-refractivity contribution in [2.75, 3.05) is 0 Å². The Morgan fingerprint density at radius 3 is 1.75 bits per heavy atom. The van der Waals surface area contributed by atoms with Gasteiger partial charge in [-0.3, -0.25) is 0 Å². The summed E-state index contributed by atoms with van der Waals surface area (Å²) in [4.78, 5) is 15.5. The summed E-state index contributed by atoms with van der Waals surface area (Å²) >= 11 is 0. The fourth-order valence-corrected chi connectivity index (χ4v) is 7.19. The third kappa shape index (κ3) is 5.04. The largest absolute Gasteiger partial charge is 0.455 e. The molecule has 7 aromatic carbocycles. The van der Waals surface area contributed by atoms with Crippen LogP contribution in [-0.4, -0.2) is 15.0 Å². The number of pyridine rings is 1. The van der Waals surface area contributed by atoms with Gasteiger partial charge in [-0.05, 0) is 46.2 Å². The second-order valence-electron chi connectivity index (χ2n) is 12.8. The normalized spacial score (nSPS) is 11.5. The Morgan fingerprint density at radius 2 is 1.00 bits per heavy atom. The highest BCUT2D eigenvalue weighted by Crippen LogP contribution is 2.41. The van der Waals surface area contributed by atoms with E-state index in [1.54, 1.807) is 0 Å². The highest BCUT2D eigenvalue weighted by atomic mass is 16.3. The molecule has 0 N–H and O–H groups in total. The molecule has 10 aromatic rings. The second kappa shape index (κ2) is 11.9. The predicted molar refractivity (Wildman–Crippen MR) is 209 cm³/mol. The Morgan fingerprint density at radius 1 is 0.392 bits per heavy atom. The molecule has 4 heteroatoms. The maximum atomic E-state index is 6.60. The Hall–Kier alpha value is -6.91. The van der Waals surface area contributed by atoms with Gasteiger partial charge in [-0.15, -0.1) is 0 Å². The number of benzene rings is 7. The summed E-state index contributed by atoms with van der Waals surface area (Å²) in [6, 6.07) is 60.8. The van der Waals surface area contributed by atoms with E-state index in [2.05, 4.69) is 127 Å². The van der Waals surface area contributed by atoms with Crippen LogP contribution in [0.2, 0.25) is 0 Å². The van der Waals surface area contributed by atoms with Crippen LogP contribution in [0.4, 0.5) is 0 Å². The molecule has 0 saturated heterocycles. The van der Waals surface area contributed by atoms with Gasteiger partial charge in [0.25, 0.3) is 0 Å². The lowest BCUT2D eigenvalue weighted by atomic mass is 9.96. The molecular formula is C47H29N3O. The first kappa shape index (κ1) is 29.0. The van der Waals surface area contributed by atoms with Crippen LogP contribution in [0.1, 0.15) is 0 Å². The highest BCUT2D eigenvalue weighted by Gasteiger charge is 2.19. The maximum absolute atomic E-state index is 6.60. The average Bonchev–Trinajstić information content (AvgIpc) is 3.61. The van der Waals surface area contributed by atoms with E-state index in [1.165, 1.54) is 16.3 Å². The molecule has 0 aliphatic rings. The molecular weight excluding hydrogens is 623 g/mol. The SMILES string of the molecule is c1ccc(-c2cc(-c3ccccc3)nc(-c3ccc4c(c3)nc(-c3ccc(-c5cccc6ccccc56)cc3)c3c5ccccc5oc43)n2)cc1. The molecule has 0 unspecified atom stereocenters. The van der Waals surface area contributed by atoms with Crippen LogP contribution in [-0.2, 0) is 0 Å². The third-order valence-corrected chi connectivity index (χ3v) is 9.69. The van der Waals surface area contributed by atoms with Crippen molar-refractivity contribution in [1.29, 1.82) is 0 Å². The van der Waals surface area contributed by atoms with E-state index in [4.69, 9.17) is 19.4 Å². The molecule has 0 amide bonds. The number of nitrogens with zero attached hydrogens (tertiary/aromatic N) is 3. The number of hydrogen-bond donors (Lipinski definition) is 0. The Balaban J connectivity index is 1.16. The Kier molecular flexibility index (Phi) is 6.78. The molecule has 4 nitrogen and oxygen atoms in total. The van der Waals surface area contributed by atoms with Crippen molar-refractivity contribution >= 4 is 43.6 Å². The van der Waals surface area contributed by atoms with Crippen molar-refractivity contribution in [2.24, 2.45) is 0 Å². The van der Waals surface area contributed by atoms with Crippen molar-refractivity contribution in [3.8, 4) is 56.3 Å². The van der Waals surface area contributed by atoms with Crippen molar-refractivity contribution in [3.63, 3.8) is 0 Å². The zero-order valence-corrected chi connectivity index (χ0v) is 27.5. The first-order valence-corrected chi connectivity index (χ1v) is 17.1. The molecule has 10 rings (SSSR count). The standard InChI is InChI=1S/C47H29N3O/c1-3-13-32(14-4-1)40-29-41(33-15-5-2-6-16-33)50-47(49-40)35-26-27-38-42(28-35)48-45(44-39-19-9-10-21-43(39)51-46(38)44)34-24-22-31(23-25-34)37-20-11-17-30-12-7-8-18-36(30)37/h1-29H. The highest BCUT2D eigenvalue weighted by molar-refractivity contribution is 6.19. The quantitative estimate of drug-likeness (QED) is 0.186. The van der Waals surface area contributed by atoms with E-state index < -0.39 is 0 Å². The summed E-state index contributed by atoms with van der Waals surface area (Å²) in [5, 5.41) is 5.47. The summed E-state index contributed by atoms with van der Waals surface area (Å²) < 4.78 is 6.60. The van der Waals surface area contributed by atoms with E-state index in [9.17, 15) is 0 Å². The maximum Gasteiger partial charge on any atom is 0.160 e. The first-order valence-electron chi connectivity index (χ1n) is 17.1. The molecule has 0 fully saturated rings. The first-order chi connectivity index (χ1) is 25.3. The molecule has 0 bridgehead atoms. The minimum absolute atomic E-state index is 0.643. The number of hydrogen-bond acceptors (Lipinski definition) is 4. The molecule has 0 radical (unpaired) electrons. The molecule has 0 aliphatic carbocycles. The molecule has 0 atom stereocenters. The summed E-state index contributed by atoms with van der Waals surface area (Å²) in [5.41, 5.74) is 11.5. The average molecular weight is 652 g/mol. The van der Waals surface area contributed by atoms with Crippen molar-refractivity contribution in [1.82, 2.24) is 15.0 Å². The van der Waals surface area contributed by atoms with Crippen molar-refractivity contribution < 1.29 is 4.42 Å². The fraction of sp³-hybridized carbons (Fsp3) is 0. The molecule has 51 heavy (non-hydrogen) atoms. The second-order valence-corrected chi connectivity index (χ2v) is 12.8. The van der Waals surface area contributed by atoms with E-state index in [0.717, 1.165) is 77.7 Å². The van der Waals surface area contributed by atoms with E-state index in [0.29, 0.717) is 5.82 Å². The monoisotopic (exact) mass is 651 g/mol. The van der Waals surface area contributed by atoms with Gasteiger partial charge >= 0.3 is 0 Å². The van der Waals surface area contributed by atoms with Crippen LogP contribution in [0, 0.1) is 0 Å². The topological polar surface area (TPSA) is 51.8 Å². The smallest absolute Gasteiger partial charge is 0.160 e. The summed E-state index contributed by atoms with van der Waals surface area (Å²) in [5.74, 6) is 0.643. The number of para-hydroxylation sites is 1. The van der Waals surface area contributed by atoms with Gasteiger partial charge in [0.1, 0.15) is 11.2 Å². The number of rotatable bonds is 5. The number of furan rings is 1. The third-order valence-electron chi connectivity index (χ3n) is 9.69. The number of fused-ring (bicyclic) bond motifs is 6. The molecule has 3 aromatic heterocycles. The van der Waals surface area contributed by atoms with Crippen molar-refractivity contribution in [2.45, 2.75) is 0 Å². The van der Waals surface area contributed by atoms with Crippen LogP contribution in [0.5, 0.6) is 0 Å². The van der Waals surface area contributed by atoms with E-state index in [1.807, 2.05) is 48.5 Å². The van der Waals surface area contributed by atoms with Crippen LogP contribution in [0.3, 0.4) is 0 Å². The van der Waals surface area contributed by atoms with Crippen LogP contribution in [0.25, 0.3) is 99.9 Å².